The summed E-state index contributed by atoms with van der Waals surface area (Å²) in [6.45, 7) is 7.54. The molecule has 1 aliphatic rings. The Bertz CT molecular complexity index is 1120. The third-order valence-electron chi connectivity index (χ3n) is 6.61. The van der Waals surface area contributed by atoms with Gasteiger partial charge in [0.15, 0.2) is 0 Å². The van der Waals surface area contributed by atoms with Gasteiger partial charge in [-0.15, -0.1) is 0 Å². The molecule has 3 rings (SSSR count). The van der Waals surface area contributed by atoms with Gasteiger partial charge in [0.2, 0.25) is 0 Å². The summed E-state index contributed by atoms with van der Waals surface area (Å²) in [6, 6.07) is 11.9. The average Bonchev–Trinajstić information content (AvgIpc) is 3.15. The summed E-state index contributed by atoms with van der Waals surface area (Å²) in [6.07, 6.45) is 5.16. The monoisotopic (exact) mass is 571 g/mol. The third kappa shape index (κ3) is 7.05. The van der Waals surface area contributed by atoms with Crippen molar-refractivity contribution >= 4 is 39.1 Å². The number of nitro benzene ring substituents is 1. The number of ketones is 1. The van der Waals surface area contributed by atoms with Gasteiger partial charge in [-0.25, -0.2) is 0 Å². The molecule has 1 saturated heterocycles. The molecule has 0 spiro atoms. The summed E-state index contributed by atoms with van der Waals surface area (Å²) < 4.78 is 0.853. The molecule has 0 radical (unpaired) electrons. The Morgan fingerprint density at radius 2 is 1.54 bits per heavy atom. The van der Waals surface area contributed by atoms with Gasteiger partial charge in [0, 0.05) is 28.7 Å². The van der Waals surface area contributed by atoms with Gasteiger partial charge < -0.3 is 14.9 Å². The first kappa shape index (κ1) is 28.5. The molecule has 9 heteroatoms. The van der Waals surface area contributed by atoms with E-state index in [9.17, 15) is 24.8 Å². The van der Waals surface area contributed by atoms with Crippen LogP contribution in [0.3, 0.4) is 0 Å². The number of amides is 1. The molecular weight excluding hydrogens is 538 g/mol. The van der Waals surface area contributed by atoms with Crippen molar-refractivity contribution in [3.05, 3.63) is 79.8 Å². The highest BCUT2D eigenvalue weighted by Gasteiger charge is 2.45. The highest BCUT2D eigenvalue weighted by atomic mass is 79.9. The highest BCUT2D eigenvalue weighted by Crippen LogP contribution is 2.40. The minimum atomic E-state index is -0.752. The number of rotatable bonds is 13. The number of carbonyl (C=O) groups is 2. The standard InChI is InChI=1S/C28H34BrN3O5/c1-3-5-16-30(17-6-4-2)18-7-19-31-25(20-8-12-22(29)13-9-20)24(27(34)28(31)35)26(33)21-10-14-23(15-11-21)32(36)37/h8-15,25,33H,3-7,16-19H2,1-2H3/t25-/m1/s1. The number of unbranched alkanes of at least 4 members (excludes halogenated alkanes) is 2. The van der Waals surface area contributed by atoms with Crippen molar-refractivity contribution in [3.63, 3.8) is 0 Å². The van der Waals surface area contributed by atoms with Crippen molar-refractivity contribution < 1.29 is 19.6 Å². The number of nitrogens with zero attached hydrogens (tertiary/aromatic N) is 3. The maximum Gasteiger partial charge on any atom is 0.295 e. The summed E-state index contributed by atoms with van der Waals surface area (Å²) in [5, 5.41) is 22.2. The molecule has 0 saturated carbocycles. The van der Waals surface area contributed by atoms with Crippen molar-refractivity contribution in [2.75, 3.05) is 26.2 Å². The lowest BCUT2D eigenvalue weighted by molar-refractivity contribution is -0.384. The molecule has 1 fully saturated rings. The second-order valence-electron chi connectivity index (χ2n) is 9.25. The van der Waals surface area contributed by atoms with Crippen LogP contribution in [-0.2, 0) is 9.59 Å². The van der Waals surface area contributed by atoms with E-state index in [-0.39, 0.29) is 22.6 Å². The molecule has 1 amide bonds. The second-order valence-corrected chi connectivity index (χ2v) is 10.2. The number of aliphatic hydroxyl groups is 1. The van der Waals surface area contributed by atoms with Crippen molar-refractivity contribution in [1.82, 2.24) is 9.80 Å². The van der Waals surface area contributed by atoms with Crippen molar-refractivity contribution in [3.8, 4) is 0 Å². The minimum Gasteiger partial charge on any atom is -0.507 e. The molecule has 0 aliphatic carbocycles. The molecule has 1 aliphatic heterocycles. The third-order valence-corrected chi connectivity index (χ3v) is 7.14. The van der Waals surface area contributed by atoms with Crippen molar-refractivity contribution in [2.45, 2.75) is 52.0 Å². The van der Waals surface area contributed by atoms with Crippen LogP contribution in [0.2, 0.25) is 0 Å². The smallest absolute Gasteiger partial charge is 0.295 e. The zero-order valence-electron chi connectivity index (χ0n) is 21.4. The highest BCUT2D eigenvalue weighted by molar-refractivity contribution is 9.10. The summed E-state index contributed by atoms with van der Waals surface area (Å²) in [7, 11) is 0. The zero-order valence-corrected chi connectivity index (χ0v) is 22.9. The first-order valence-corrected chi connectivity index (χ1v) is 13.6. The molecule has 1 heterocycles. The zero-order chi connectivity index (χ0) is 26.9. The lowest BCUT2D eigenvalue weighted by Gasteiger charge is -2.27. The maximum atomic E-state index is 13.2. The van der Waals surface area contributed by atoms with E-state index in [1.807, 2.05) is 24.3 Å². The lowest BCUT2D eigenvalue weighted by atomic mass is 9.95. The number of nitro groups is 1. The van der Waals surface area contributed by atoms with Crippen LogP contribution in [0.15, 0.2) is 58.6 Å². The van der Waals surface area contributed by atoms with Crippen LogP contribution in [-0.4, -0.2) is 57.7 Å². The first-order valence-electron chi connectivity index (χ1n) is 12.8. The van der Waals surface area contributed by atoms with Gasteiger partial charge in [0.05, 0.1) is 16.5 Å². The SMILES string of the molecule is CCCCN(CCCC)CCCN1C(=O)C(=O)C(=C(O)c2ccc([N+](=O)[O-])cc2)[C@H]1c1ccc(Br)cc1. The molecule has 2 aromatic rings. The van der Waals surface area contributed by atoms with Crippen LogP contribution < -0.4 is 0 Å². The predicted molar refractivity (Wildman–Crippen MR) is 147 cm³/mol. The number of non-ortho nitro benzene ring substituents is 1. The van der Waals surface area contributed by atoms with E-state index in [2.05, 4.69) is 34.7 Å². The van der Waals surface area contributed by atoms with Crippen LogP contribution in [0, 0.1) is 10.1 Å². The molecule has 1 N–H and O–H groups in total. The number of Topliss-reactive ketones (excluding diaryl/α,β-unsaturated/α-hetero) is 1. The summed E-state index contributed by atoms with van der Waals surface area (Å²) in [4.78, 5) is 40.8. The maximum absolute atomic E-state index is 13.2. The van der Waals surface area contributed by atoms with Gasteiger partial charge >= 0.3 is 0 Å². The fourth-order valence-electron chi connectivity index (χ4n) is 4.56. The van der Waals surface area contributed by atoms with Gasteiger partial charge in [0.1, 0.15) is 5.76 Å². The fourth-order valence-corrected chi connectivity index (χ4v) is 4.83. The second kappa shape index (κ2) is 13.5. The Morgan fingerprint density at radius 3 is 2.08 bits per heavy atom. The number of hydrogen-bond acceptors (Lipinski definition) is 6. The van der Waals surface area contributed by atoms with Crippen LogP contribution in [0.4, 0.5) is 5.69 Å². The number of hydrogen-bond donors (Lipinski definition) is 1. The molecule has 37 heavy (non-hydrogen) atoms. The number of aliphatic hydroxyl groups excluding tert-OH is 1. The van der Waals surface area contributed by atoms with Gasteiger partial charge in [0.25, 0.3) is 17.4 Å². The molecule has 0 unspecified atom stereocenters. The van der Waals surface area contributed by atoms with Gasteiger partial charge in [-0.2, -0.15) is 0 Å². The molecule has 0 aromatic heterocycles. The largest absolute Gasteiger partial charge is 0.507 e. The quantitative estimate of drug-likeness (QED) is 0.103. The van der Waals surface area contributed by atoms with Crippen LogP contribution in [0.25, 0.3) is 5.76 Å². The molecule has 8 nitrogen and oxygen atoms in total. The molecule has 1 atom stereocenters. The normalized spacial score (nSPS) is 17.1. The topological polar surface area (TPSA) is 104 Å². The van der Waals surface area contributed by atoms with Crippen molar-refractivity contribution in [2.24, 2.45) is 0 Å². The van der Waals surface area contributed by atoms with E-state index in [0.29, 0.717) is 18.5 Å². The van der Waals surface area contributed by atoms with Crippen LogP contribution >= 0.6 is 15.9 Å². The van der Waals surface area contributed by atoms with E-state index in [1.54, 1.807) is 4.90 Å². The van der Waals surface area contributed by atoms with E-state index in [4.69, 9.17) is 0 Å². The van der Waals surface area contributed by atoms with Gasteiger partial charge in [-0.05, 0) is 68.7 Å². The predicted octanol–water partition coefficient (Wildman–Crippen LogP) is 6.07. The van der Waals surface area contributed by atoms with Crippen LogP contribution in [0.5, 0.6) is 0 Å². The fraction of sp³-hybridized carbons (Fsp3) is 0.429. The number of benzene rings is 2. The van der Waals surface area contributed by atoms with E-state index < -0.39 is 22.7 Å². The summed E-state index contributed by atoms with van der Waals surface area (Å²) in [5.74, 6) is -1.74. The molecular formula is C28H34BrN3O5. The Kier molecular flexibility index (Phi) is 10.4. The summed E-state index contributed by atoms with van der Waals surface area (Å²) in [5.41, 5.74) is 0.822. The number of likely N-dealkylation sites (tertiary alicyclic amines) is 1. The van der Waals surface area contributed by atoms with Gasteiger partial charge in [-0.1, -0.05) is 54.8 Å². The first-order chi connectivity index (χ1) is 17.8. The van der Waals surface area contributed by atoms with E-state index in [0.717, 1.165) is 49.8 Å². The molecule has 0 bridgehead atoms. The minimum absolute atomic E-state index is 0.00463. The Morgan fingerprint density at radius 1 is 0.973 bits per heavy atom. The number of halogens is 1. The number of carbonyl (C=O) groups excluding carboxylic acids is 2. The Balaban J connectivity index is 1.92. The van der Waals surface area contributed by atoms with E-state index in [1.165, 1.54) is 24.3 Å². The van der Waals surface area contributed by atoms with E-state index >= 15 is 0 Å². The van der Waals surface area contributed by atoms with Gasteiger partial charge in [-0.3, -0.25) is 19.7 Å². The lowest BCUT2D eigenvalue weighted by Crippen LogP contribution is -2.34. The van der Waals surface area contributed by atoms with Crippen LogP contribution in [0.1, 0.15) is 63.1 Å². The van der Waals surface area contributed by atoms with Crippen molar-refractivity contribution in [1.29, 1.82) is 0 Å². The molecule has 198 valence electrons. The Hall–Kier alpha value is -3.04. The Labute approximate surface area is 226 Å². The summed E-state index contributed by atoms with van der Waals surface area (Å²) >= 11 is 3.42. The average molecular weight is 573 g/mol. The molecule has 2 aromatic carbocycles.